The molecule has 1 saturated heterocycles. The summed E-state index contributed by atoms with van der Waals surface area (Å²) in [4.78, 5) is 44.8. The van der Waals surface area contributed by atoms with Crippen molar-refractivity contribution in [2.24, 2.45) is 0 Å². The predicted octanol–water partition coefficient (Wildman–Crippen LogP) is 1.61. The summed E-state index contributed by atoms with van der Waals surface area (Å²) >= 11 is 0. The maximum absolute atomic E-state index is 12.5. The number of fused-ring (bicyclic) bond motifs is 1. The molecule has 4 amide bonds. The molecule has 1 fully saturated rings. The van der Waals surface area contributed by atoms with Crippen LogP contribution in [0.15, 0.2) is 24.3 Å². The number of benzene rings is 1. The Hall–Kier alpha value is -2.90. The smallest absolute Gasteiger partial charge is 0.324 e. The Morgan fingerprint density at radius 1 is 1.25 bits per heavy atom. The lowest BCUT2D eigenvalue weighted by molar-refractivity contribution is -0.134. The van der Waals surface area contributed by atoms with Gasteiger partial charge in [0.1, 0.15) is 12.1 Å². The van der Waals surface area contributed by atoms with E-state index in [2.05, 4.69) is 20.6 Å². The zero-order chi connectivity index (χ0) is 17.3. The molecule has 0 aliphatic carbocycles. The number of urea groups is 1. The van der Waals surface area contributed by atoms with Crippen LogP contribution in [-0.2, 0) is 9.59 Å². The van der Waals surface area contributed by atoms with Crippen molar-refractivity contribution >= 4 is 34.8 Å². The molecule has 126 valence electrons. The molecule has 1 aromatic heterocycles. The SMILES string of the molecule is CCC1(CC)NC(=O)N(CC(=O)Nc2nc3ccccc3[nH]2)C1=O. The number of imide groups is 1. The van der Waals surface area contributed by atoms with Gasteiger partial charge in [-0.15, -0.1) is 0 Å². The number of para-hydroxylation sites is 2. The molecule has 0 spiro atoms. The van der Waals surface area contributed by atoms with E-state index >= 15 is 0 Å². The van der Waals surface area contributed by atoms with Crippen LogP contribution in [0, 0.1) is 0 Å². The summed E-state index contributed by atoms with van der Waals surface area (Å²) in [6.45, 7) is 3.32. The largest absolute Gasteiger partial charge is 0.325 e. The van der Waals surface area contributed by atoms with E-state index in [9.17, 15) is 14.4 Å². The van der Waals surface area contributed by atoms with Gasteiger partial charge in [-0.3, -0.25) is 19.8 Å². The van der Waals surface area contributed by atoms with Gasteiger partial charge in [-0.25, -0.2) is 9.78 Å². The first kappa shape index (κ1) is 16.0. The van der Waals surface area contributed by atoms with Crippen LogP contribution in [0.25, 0.3) is 11.0 Å². The maximum atomic E-state index is 12.5. The van der Waals surface area contributed by atoms with E-state index in [0.29, 0.717) is 12.8 Å². The van der Waals surface area contributed by atoms with E-state index < -0.39 is 17.5 Å². The Morgan fingerprint density at radius 3 is 2.58 bits per heavy atom. The minimum absolute atomic E-state index is 0.283. The second-order valence-corrected chi connectivity index (χ2v) is 5.76. The Balaban J connectivity index is 1.70. The normalized spacial score (nSPS) is 16.5. The number of aromatic nitrogens is 2. The van der Waals surface area contributed by atoms with Gasteiger partial charge in [0.15, 0.2) is 0 Å². The van der Waals surface area contributed by atoms with Gasteiger partial charge in [0.05, 0.1) is 11.0 Å². The van der Waals surface area contributed by atoms with Crippen LogP contribution in [0.2, 0.25) is 0 Å². The third-order valence-electron chi connectivity index (χ3n) is 4.40. The summed E-state index contributed by atoms with van der Waals surface area (Å²) in [5.74, 6) is -0.566. The molecule has 24 heavy (non-hydrogen) atoms. The highest BCUT2D eigenvalue weighted by atomic mass is 16.2. The summed E-state index contributed by atoms with van der Waals surface area (Å²) in [5.41, 5.74) is 0.606. The molecule has 0 radical (unpaired) electrons. The van der Waals surface area contributed by atoms with Crippen molar-refractivity contribution < 1.29 is 14.4 Å². The molecular formula is C16H19N5O3. The van der Waals surface area contributed by atoms with Gasteiger partial charge in [-0.1, -0.05) is 26.0 Å². The highest BCUT2D eigenvalue weighted by Crippen LogP contribution is 2.24. The lowest BCUT2D eigenvalue weighted by Gasteiger charge is -2.22. The van der Waals surface area contributed by atoms with Crippen molar-refractivity contribution in [3.63, 3.8) is 0 Å². The number of amides is 4. The van der Waals surface area contributed by atoms with Gasteiger partial charge < -0.3 is 10.3 Å². The summed E-state index contributed by atoms with van der Waals surface area (Å²) in [7, 11) is 0. The van der Waals surface area contributed by atoms with Crippen molar-refractivity contribution in [3.05, 3.63) is 24.3 Å². The Morgan fingerprint density at radius 2 is 1.96 bits per heavy atom. The quantitative estimate of drug-likeness (QED) is 0.724. The number of carbonyl (C=O) groups is 3. The van der Waals surface area contributed by atoms with Crippen molar-refractivity contribution in [1.82, 2.24) is 20.2 Å². The molecule has 8 heteroatoms. The van der Waals surface area contributed by atoms with Gasteiger partial charge in [0.25, 0.3) is 5.91 Å². The Labute approximate surface area is 138 Å². The number of anilines is 1. The van der Waals surface area contributed by atoms with Crippen LogP contribution in [0.1, 0.15) is 26.7 Å². The highest BCUT2D eigenvalue weighted by molar-refractivity contribution is 6.10. The first-order valence-electron chi connectivity index (χ1n) is 7.88. The maximum Gasteiger partial charge on any atom is 0.325 e. The molecule has 0 bridgehead atoms. The topological polar surface area (TPSA) is 107 Å². The third-order valence-corrected chi connectivity index (χ3v) is 4.40. The molecule has 1 aromatic carbocycles. The average Bonchev–Trinajstić information content (AvgIpc) is 3.08. The molecule has 2 aromatic rings. The van der Waals surface area contributed by atoms with Crippen LogP contribution < -0.4 is 10.6 Å². The molecule has 1 aliphatic heterocycles. The van der Waals surface area contributed by atoms with Gasteiger partial charge in [0, 0.05) is 0 Å². The minimum atomic E-state index is -0.906. The molecule has 0 saturated carbocycles. The van der Waals surface area contributed by atoms with E-state index in [-0.39, 0.29) is 18.4 Å². The van der Waals surface area contributed by atoms with E-state index in [1.165, 1.54) is 0 Å². The average molecular weight is 329 g/mol. The number of imidazole rings is 1. The second-order valence-electron chi connectivity index (χ2n) is 5.76. The lowest BCUT2D eigenvalue weighted by Crippen LogP contribution is -2.46. The zero-order valence-corrected chi connectivity index (χ0v) is 13.5. The number of aromatic amines is 1. The lowest BCUT2D eigenvalue weighted by atomic mass is 9.93. The number of H-pyrrole nitrogens is 1. The molecule has 1 aliphatic rings. The van der Waals surface area contributed by atoms with E-state index in [4.69, 9.17) is 0 Å². The summed E-state index contributed by atoms with van der Waals surface area (Å²) in [6, 6.07) is 6.82. The van der Waals surface area contributed by atoms with Crippen molar-refractivity contribution in [1.29, 1.82) is 0 Å². The van der Waals surface area contributed by atoms with Crippen LogP contribution >= 0.6 is 0 Å². The number of carbonyl (C=O) groups excluding carboxylic acids is 3. The van der Waals surface area contributed by atoms with Crippen molar-refractivity contribution in [2.75, 3.05) is 11.9 Å². The van der Waals surface area contributed by atoms with E-state index in [0.717, 1.165) is 15.9 Å². The zero-order valence-electron chi connectivity index (χ0n) is 13.5. The molecule has 3 rings (SSSR count). The van der Waals surface area contributed by atoms with E-state index in [1.807, 2.05) is 38.1 Å². The molecule has 3 N–H and O–H groups in total. The summed E-state index contributed by atoms with van der Waals surface area (Å²) < 4.78 is 0. The van der Waals surface area contributed by atoms with Gasteiger partial charge in [0.2, 0.25) is 11.9 Å². The first-order valence-corrected chi connectivity index (χ1v) is 7.88. The summed E-state index contributed by atoms with van der Waals surface area (Å²) in [5, 5.41) is 5.27. The fourth-order valence-corrected chi connectivity index (χ4v) is 2.88. The van der Waals surface area contributed by atoms with Crippen molar-refractivity contribution in [2.45, 2.75) is 32.2 Å². The fourth-order valence-electron chi connectivity index (χ4n) is 2.88. The monoisotopic (exact) mass is 329 g/mol. The number of hydrogen-bond donors (Lipinski definition) is 3. The Bertz CT molecular complexity index is 776. The van der Waals surface area contributed by atoms with Gasteiger partial charge in [-0.05, 0) is 25.0 Å². The highest BCUT2D eigenvalue weighted by Gasteiger charge is 2.49. The van der Waals surface area contributed by atoms with Crippen LogP contribution in [0.3, 0.4) is 0 Å². The minimum Gasteiger partial charge on any atom is -0.324 e. The molecular weight excluding hydrogens is 310 g/mol. The Kier molecular flexibility index (Phi) is 3.96. The number of nitrogens with zero attached hydrogens (tertiary/aromatic N) is 2. The second kappa shape index (κ2) is 5.95. The molecule has 0 atom stereocenters. The van der Waals surface area contributed by atoms with Crippen LogP contribution in [0.4, 0.5) is 10.7 Å². The molecule has 8 nitrogen and oxygen atoms in total. The first-order chi connectivity index (χ1) is 11.5. The third kappa shape index (κ3) is 2.60. The van der Waals surface area contributed by atoms with E-state index in [1.54, 1.807) is 0 Å². The summed E-state index contributed by atoms with van der Waals surface area (Å²) in [6.07, 6.45) is 0.964. The molecule has 2 heterocycles. The van der Waals surface area contributed by atoms with Crippen LogP contribution in [-0.4, -0.2) is 44.8 Å². The molecule has 0 unspecified atom stereocenters. The number of hydrogen-bond acceptors (Lipinski definition) is 4. The fraction of sp³-hybridized carbons (Fsp3) is 0.375. The predicted molar refractivity (Wildman–Crippen MR) is 88.3 cm³/mol. The number of nitrogens with one attached hydrogen (secondary N) is 3. The standard InChI is InChI=1S/C16H19N5O3/c1-3-16(4-2)13(23)21(15(24)20-16)9-12(22)19-14-17-10-7-5-6-8-11(10)18-14/h5-8H,3-4,9H2,1-2H3,(H,20,24)(H2,17,18,19,22). The van der Waals surface area contributed by atoms with Crippen molar-refractivity contribution in [3.8, 4) is 0 Å². The van der Waals surface area contributed by atoms with Gasteiger partial charge in [-0.2, -0.15) is 0 Å². The van der Waals surface area contributed by atoms with Crippen LogP contribution in [0.5, 0.6) is 0 Å². The van der Waals surface area contributed by atoms with Gasteiger partial charge >= 0.3 is 6.03 Å². The number of rotatable bonds is 5.